The number of para-hydroxylation sites is 1. The van der Waals surface area contributed by atoms with Gasteiger partial charge in [-0.1, -0.05) is 48.5 Å². The molecule has 1 heterocycles. The molecule has 16 heavy (non-hydrogen) atoms. The van der Waals surface area contributed by atoms with Gasteiger partial charge in [-0.15, -0.1) is 0 Å². The molecule has 0 saturated carbocycles. The molecule has 0 unspecified atom stereocenters. The SMILES string of the molecule is c1ccc([C@@H]2NSOc3ccccc32)cc1. The lowest BCUT2D eigenvalue weighted by Gasteiger charge is -2.25. The molecule has 0 bridgehead atoms. The first-order valence-electron chi connectivity index (χ1n) is 5.18. The van der Waals surface area contributed by atoms with E-state index < -0.39 is 0 Å². The molecular weight excluding hydrogens is 218 g/mol. The van der Waals surface area contributed by atoms with Crippen LogP contribution in [0, 0.1) is 0 Å². The predicted molar refractivity (Wildman–Crippen MR) is 66.1 cm³/mol. The monoisotopic (exact) mass is 229 g/mol. The van der Waals surface area contributed by atoms with Crippen LogP contribution in [0.25, 0.3) is 0 Å². The summed E-state index contributed by atoms with van der Waals surface area (Å²) in [5.74, 6) is 0.945. The highest BCUT2D eigenvalue weighted by molar-refractivity contribution is 7.93. The molecule has 0 amide bonds. The van der Waals surface area contributed by atoms with Gasteiger partial charge in [0.2, 0.25) is 0 Å². The fourth-order valence-electron chi connectivity index (χ4n) is 1.87. The second kappa shape index (κ2) is 4.20. The lowest BCUT2D eigenvalue weighted by atomic mass is 9.99. The maximum Gasteiger partial charge on any atom is 0.144 e. The molecule has 0 spiro atoms. The van der Waals surface area contributed by atoms with Crippen LogP contribution in [0.4, 0.5) is 0 Å². The molecule has 0 saturated heterocycles. The standard InChI is InChI=1S/C13H11NOS/c1-2-6-10(7-3-1)13-11-8-4-5-9-12(11)15-16-14-13/h1-9,13-14H/t13-/m0/s1. The molecular formula is C13H11NOS. The second-order valence-electron chi connectivity index (χ2n) is 3.67. The molecule has 2 aromatic rings. The summed E-state index contributed by atoms with van der Waals surface area (Å²) in [5.41, 5.74) is 2.44. The van der Waals surface area contributed by atoms with Crippen molar-refractivity contribution in [2.75, 3.05) is 0 Å². The van der Waals surface area contributed by atoms with E-state index in [4.69, 9.17) is 4.18 Å². The molecule has 80 valence electrons. The van der Waals surface area contributed by atoms with Crippen molar-refractivity contribution in [3.63, 3.8) is 0 Å². The first-order valence-corrected chi connectivity index (χ1v) is 5.92. The first-order chi connectivity index (χ1) is 7.95. The summed E-state index contributed by atoms with van der Waals surface area (Å²) in [7, 11) is 0. The van der Waals surface area contributed by atoms with Crippen molar-refractivity contribution >= 4 is 12.2 Å². The first kappa shape index (κ1) is 9.75. The molecule has 1 aliphatic heterocycles. The van der Waals surface area contributed by atoms with Crippen molar-refractivity contribution in [2.24, 2.45) is 0 Å². The summed E-state index contributed by atoms with van der Waals surface area (Å²) >= 11 is 1.29. The van der Waals surface area contributed by atoms with E-state index in [0.717, 1.165) is 5.75 Å². The van der Waals surface area contributed by atoms with E-state index in [2.05, 4.69) is 35.1 Å². The van der Waals surface area contributed by atoms with E-state index in [1.54, 1.807) is 0 Å². The van der Waals surface area contributed by atoms with E-state index in [0.29, 0.717) is 0 Å². The Kier molecular flexibility index (Phi) is 2.56. The van der Waals surface area contributed by atoms with Crippen molar-refractivity contribution in [1.29, 1.82) is 0 Å². The quantitative estimate of drug-likeness (QED) is 0.598. The van der Waals surface area contributed by atoms with Gasteiger partial charge in [0.15, 0.2) is 0 Å². The third kappa shape index (κ3) is 1.68. The van der Waals surface area contributed by atoms with Gasteiger partial charge in [-0.2, -0.15) is 0 Å². The van der Waals surface area contributed by atoms with Crippen LogP contribution in [-0.2, 0) is 0 Å². The van der Waals surface area contributed by atoms with Crippen molar-refractivity contribution in [3.8, 4) is 5.75 Å². The van der Waals surface area contributed by atoms with E-state index in [9.17, 15) is 0 Å². The molecule has 0 aromatic heterocycles. The number of benzene rings is 2. The van der Waals surface area contributed by atoms with Gasteiger partial charge in [-0.3, -0.25) is 0 Å². The predicted octanol–water partition coefficient (Wildman–Crippen LogP) is 3.32. The van der Waals surface area contributed by atoms with Gasteiger partial charge in [0.25, 0.3) is 0 Å². The van der Waals surface area contributed by atoms with Crippen molar-refractivity contribution in [2.45, 2.75) is 6.04 Å². The Morgan fingerprint density at radius 3 is 2.56 bits per heavy atom. The van der Waals surface area contributed by atoms with Crippen LogP contribution in [0.5, 0.6) is 5.75 Å². The molecule has 1 N–H and O–H groups in total. The van der Waals surface area contributed by atoms with Crippen molar-refractivity contribution in [1.82, 2.24) is 4.72 Å². The van der Waals surface area contributed by atoms with Crippen LogP contribution < -0.4 is 8.91 Å². The van der Waals surface area contributed by atoms with Gasteiger partial charge in [0.1, 0.15) is 18.0 Å². The zero-order valence-electron chi connectivity index (χ0n) is 8.59. The van der Waals surface area contributed by atoms with Crippen LogP contribution in [-0.4, -0.2) is 0 Å². The van der Waals surface area contributed by atoms with Crippen LogP contribution in [0.3, 0.4) is 0 Å². The highest BCUT2D eigenvalue weighted by Crippen LogP contribution is 2.36. The van der Waals surface area contributed by atoms with Crippen LogP contribution in [0.15, 0.2) is 54.6 Å². The van der Waals surface area contributed by atoms with E-state index in [-0.39, 0.29) is 6.04 Å². The topological polar surface area (TPSA) is 21.3 Å². The lowest BCUT2D eigenvalue weighted by molar-refractivity contribution is 0.575. The average molecular weight is 229 g/mol. The van der Waals surface area contributed by atoms with E-state index in [1.165, 1.54) is 23.4 Å². The van der Waals surface area contributed by atoms with Crippen LogP contribution >= 0.6 is 12.2 Å². The summed E-state index contributed by atoms with van der Waals surface area (Å²) in [4.78, 5) is 0. The van der Waals surface area contributed by atoms with Gasteiger partial charge in [-0.05, 0) is 11.6 Å². The van der Waals surface area contributed by atoms with Crippen LogP contribution in [0.2, 0.25) is 0 Å². The van der Waals surface area contributed by atoms with Gasteiger partial charge in [0.05, 0.1) is 6.04 Å². The molecule has 2 aromatic carbocycles. The molecule has 0 radical (unpaired) electrons. The minimum atomic E-state index is 0.205. The summed E-state index contributed by atoms with van der Waals surface area (Å²) in [6, 6.07) is 18.7. The fourth-order valence-corrected chi connectivity index (χ4v) is 2.52. The Labute approximate surface area is 99.0 Å². The Morgan fingerprint density at radius 1 is 0.938 bits per heavy atom. The Bertz CT molecular complexity index is 486. The minimum Gasteiger partial charge on any atom is -0.409 e. The molecule has 3 heteroatoms. The third-order valence-corrected chi connectivity index (χ3v) is 3.26. The smallest absolute Gasteiger partial charge is 0.144 e. The highest BCUT2D eigenvalue weighted by atomic mass is 32.2. The molecule has 1 aliphatic rings. The molecule has 0 aliphatic carbocycles. The minimum absolute atomic E-state index is 0.205. The van der Waals surface area contributed by atoms with E-state index >= 15 is 0 Å². The number of rotatable bonds is 1. The summed E-state index contributed by atoms with van der Waals surface area (Å²) in [6.07, 6.45) is 0. The largest absolute Gasteiger partial charge is 0.409 e. The van der Waals surface area contributed by atoms with E-state index in [1.807, 2.05) is 24.3 Å². The zero-order chi connectivity index (χ0) is 10.8. The number of hydrogen-bond acceptors (Lipinski definition) is 3. The Hall–Kier alpha value is -1.45. The second-order valence-corrected chi connectivity index (χ2v) is 4.24. The third-order valence-electron chi connectivity index (χ3n) is 2.66. The fraction of sp³-hybridized carbons (Fsp3) is 0.0769. The zero-order valence-corrected chi connectivity index (χ0v) is 9.41. The summed E-state index contributed by atoms with van der Waals surface area (Å²) in [6.45, 7) is 0. The van der Waals surface area contributed by atoms with Gasteiger partial charge < -0.3 is 4.18 Å². The maximum absolute atomic E-state index is 5.48. The molecule has 0 fully saturated rings. The summed E-state index contributed by atoms with van der Waals surface area (Å²) < 4.78 is 8.77. The van der Waals surface area contributed by atoms with Crippen molar-refractivity contribution < 1.29 is 4.18 Å². The Morgan fingerprint density at radius 2 is 1.69 bits per heavy atom. The number of hydrogen-bond donors (Lipinski definition) is 1. The van der Waals surface area contributed by atoms with Crippen molar-refractivity contribution in [3.05, 3.63) is 65.7 Å². The average Bonchev–Trinajstić information content (AvgIpc) is 2.39. The highest BCUT2D eigenvalue weighted by Gasteiger charge is 2.22. The Balaban J connectivity index is 2.05. The van der Waals surface area contributed by atoms with Gasteiger partial charge in [-0.25, -0.2) is 4.72 Å². The molecule has 3 rings (SSSR count). The number of nitrogens with one attached hydrogen (secondary N) is 1. The normalized spacial score (nSPS) is 18.6. The van der Waals surface area contributed by atoms with Crippen LogP contribution in [0.1, 0.15) is 17.2 Å². The lowest BCUT2D eigenvalue weighted by Crippen LogP contribution is -2.21. The maximum atomic E-state index is 5.48. The van der Waals surface area contributed by atoms with Gasteiger partial charge >= 0.3 is 0 Å². The summed E-state index contributed by atoms with van der Waals surface area (Å²) in [5, 5.41) is 0. The van der Waals surface area contributed by atoms with Gasteiger partial charge in [0, 0.05) is 5.56 Å². The molecule has 2 nitrogen and oxygen atoms in total. The molecule has 1 atom stereocenters. The number of fused-ring (bicyclic) bond motifs is 1.